The smallest absolute Gasteiger partial charge is 0.257 e. The second kappa shape index (κ2) is 6.22. The first-order chi connectivity index (χ1) is 11.4. The molecule has 0 aromatic carbocycles. The van der Waals surface area contributed by atoms with E-state index in [1.807, 2.05) is 16.5 Å². The Bertz CT molecular complexity index is 710. The highest BCUT2D eigenvalue weighted by Crippen LogP contribution is 2.20. The van der Waals surface area contributed by atoms with Gasteiger partial charge < -0.3 is 9.80 Å². The number of piperazine rings is 1. The van der Waals surface area contributed by atoms with E-state index in [-0.39, 0.29) is 11.4 Å². The molecule has 128 valence electrons. The number of hydrogen-bond acceptors (Lipinski definition) is 5. The Balaban J connectivity index is 1.69. The summed E-state index contributed by atoms with van der Waals surface area (Å²) in [7, 11) is 0. The van der Waals surface area contributed by atoms with Crippen LogP contribution < -0.4 is 4.90 Å². The summed E-state index contributed by atoms with van der Waals surface area (Å²) in [5, 5.41) is 4.41. The van der Waals surface area contributed by atoms with Gasteiger partial charge in [0.15, 0.2) is 0 Å². The molecule has 0 unspecified atom stereocenters. The molecule has 0 radical (unpaired) electrons. The number of hydrogen-bond donors (Lipinski definition) is 0. The molecule has 2 aromatic rings. The molecule has 7 heteroatoms. The lowest BCUT2D eigenvalue weighted by Gasteiger charge is -2.35. The molecule has 1 amide bonds. The summed E-state index contributed by atoms with van der Waals surface area (Å²) in [6.07, 6.45) is 6.81. The van der Waals surface area contributed by atoms with E-state index in [9.17, 15) is 4.79 Å². The highest BCUT2D eigenvalue weighted by Gasteiger charge is 2.27. The van der Waals surface area contributed by atoms with Crippen molar-refractivity contribution < 1.29 is 4.79 Å². The molecule has 7 nitrogen and oxygen atoms in total. The van der Waals surface area contributed by atoms with Gasteiger partial charge in [-0.1, -0.05) is 0 Å². The lowest BCUT2D eigenvalue weighted by Crippen LogP contribution is -2.49. The molecular formula is C17H24N6O. The number of rotatable bonds is 2. The van der Waals surface area contributed by atoms with Gasteiger partial charge in [0.2, 0.25) is 0 Å². The largest absolute Gasteiger partial charge is 0.352 e. The van der Waals surface area contributed by atoms with Gasteiger partial charge in [-0.3, -0.25) is 14.5 Å². The Labute approximate surface area is 142 Å². The van der Waals surface area contributed by atoms with Crippen LogP contribution in [0.4, 0.5) is 5.82 Å². The third kappa shape index (κ3) is 3.11. The van der Waals surface area contributed by atoms with Gasteiger partial charge in [0.1, 0.15) is 5.82 Å². The second-order valence-electron chi connectivity index (χ2n) is 7.07. The van der Waals surface area contributed by atoms with Crippen LogP contribution in [0.2, 0.25) is 0 Å². The Morgan fingerprint density at radius 1 is 1.08 bits per heavy atom. The average Bonchev–Trinajstić information content (AvgIpc) is 2.97. The van der Waals surface area contributed by atoms with Crippen LogP contribution in [0.25, 0.3) is 0 Å². The first-order valence-electron chi connectivity index (χ1n) is 8.23. The summed E-state index contributed by atoms with van der Waals surface area (Å²) < 4.78 is 1.91. The predicted molar refractivity (Wildman–Crippen MR) is 92.1 cm³/mol. The van der Waals surface area contributed by atoms with E-state index in [4.69, 9.17) is 0 Å². The molecule has 2 aromatic heterocycles. The minimum Gasteiger partial charge on any atom is -0.352 e. The minimum atomic E-state index is -0.132. The maximum Gasteiger partial charge on any atom is 0.257 e. The van der Waals surface area contributed by atoms with Crippen LogP contribution in [-0.2, 0) is 5.54 Å². The fraction of sp³-hybridized carbons (Fsp3) is 0.529. The van der Waals surface area contributed by atoms with E-state index in [1.165, 1.54) is 0 Å². The zero-order chi connectivity index (χ0) is 17.3. The fourth-order valence-electron chi connectivity index (χ4n) is 3.06. The van der Waals surface area contributed by atoms with E-state index < -0.39 is 0 Å². The highest BCUT2D eigenvalue weighted by molar-refractivity contribution is 5.95. The Morgan fingerprint density at radius 3 is 2.33 bits per heavy atom. The lowest BCUT2D eigenvalue weighted by molar-refractivity contribution is 0.0745. The van der Waals surface area contributed by atoms with Crippen LogP contribution in [0.5, 0.6) is 0 Å². The first kappa shape index (κ1) is 16.4. The van der Waals surface area contributed by atoms with Gasteiger partial charge in [-0.05, 0) is 27.7 Å². The molecule has 3 heterocycles. The van der Waals surface area contributed by atoms with Gasteiger partial charge in [-0.15, -0.1) is 0 Å². The van der Waals surface area contributed by atoms with E-state index in [1.54, 1.807) is 24.8 Å². The average molecular weight is 328 g/mol. The van der Waals surface area contributed by atoms with Gasteiger partial charge in [0.05, 0.1) is 23.5 Å². The molecule has 1 aliphatic heterocycles. The third-order valence-corrected chi connectivity index (χ3v) is 4.32. The monoisotopic (exact) mass is 328 g/mol. The minimum absolute atomic E-state index is 0.0572. The molecule has 24 heavy (non-hydrogen) atoms. The van der Waals surface area contributed by atoms with Crippen molar-refractivity contribution in [3.05, 3.63) is 36.0 Å². The van der Waals surface area contributed by atoms with Crippen LogP contribution in [-0.4, -0.2) is 56.7 Å². The van der Waals surface area contributed by atoms with Crippen molar-refractivity contribution >= 4 is 11.7 Å². The molecule has 0 saturated carbocycles. The van der Waals surface area contributed by atoms with Crippen molar-refractivity contribution in [3.63, 3.8) is 0 Å². The van der Waals surface area contributed by atoms with Crippen molar-refractivity contribution in [3.8, 4) is 0 Å². The maximum atomic E-state index is 12.8. The van der Waals surface area contributed by atoms with Crippen LogP contribution in [0.15, 0.2) is 24.8 Å². The molecule has 3 rings (SSSR count). The number of aromatic nitrogens is 4. The van der Waals surface area contributed by atoms with Gasteiger partial charge in [-0.2, -0.15) is 5.10 Å². The number of amides is 1. The molecule has 0 spiro atoms. The summed E-state index contributed by atoms with van der Waals surface area (Å²) in [4.78, 5) is 25.3. The van der Waals surface area contributed by atoms with E-state index in [0.717, 1.165) is 24.6 Å². The molecule has 0 N–H and O–H groups in total. The molecule has 0 aliphatic carbocycles. The SMILES string of the molecule is Cc1c(C(=O)N2CCN(c3cnccn3)CC2)cnn1C(C)(C)C. The molecule has 1 fully saturated rings. The van der Waals surface area contributed by atoms with Crippen LogP contribution in [0.1, 0.15) is 36.8 Å². The van der Waals surface area contributed by atoms with Crippen LogP contribution >= 0.6 is 0 Å². The number of carbonyl (C=O) groups is 1. The molecule has 0 bridgehead atoms. The topological polar surface area (TPSA) is 67.2 Å². The van der Waals surface area contributed by atoms with Gasteiger partial charge in [0, 0.05) is 44.3 Å². The van der Waals surface area contributed by atoms with E-state index >= 15 is 0 Å². The number of anilines is 1. The lowest BCUT2D eigenvalue weighted by atomic mass is 10.1. The number of carbonyl (C=O) groups excluding carboxylic acids is 1. The summed E-state index contributed by atoms with van der Waals surface area (Å²) >= 11 is 0. The first-order valence-corrected chi connectivity index (χ1v) is 8.23. The van der Waals surface area contributed by atoms with Crippen LogP contribution in [0.3, 0.4) is 0 Å². The molecule has 1 saturated heterocycles. The molecule has 0 atom stereocenters. The van der Waals surface area contributed by atoms with Crippen molar-refractivity contribution in [2.24, 2.45) is 0 Å². The van der Waals surface area contributed by atoms with Crippen molar-refractivity contribution in [2.45, 2.75) is 33.2 Å². The molecular weight excluding hydrogens is 304 g/mol. The Kier molecular flexibility index (Phi) is 4.26. The maximum absolute atomic E-state index is 12.8. The van der Waals surface area contributed by atoms with Crippen molar-refractivity contribution in [1.29, 1.82) is 0 Å². The van der Waals surface area contributed by atoms with Gasteiger partial charge in [0.25, 0.3) is 5.91 Å². The summed E-state index contributed by atoms with van der Waals surface area (Å²) in [5.74, 6) is 0.920. The molecule has 1 aliphatic rings. The van der Waals surface area contributed by atoms with Gasteiger partial charge >= 0.3 is 0 Å². The van der Waals surface area contributed by atoms with Crippen molar-refractivity contribution in [1.82, 2.24) is 24.6 Å². The standard InChI is InChI=1S/C17H24N6O/c1-13-14(11-20-23(13)17(2,3)4)16(24)22-9-7-21(8-10-22)15-12-18-5-6-19-15/h5-6,11-12H,7-10H2,1-4H3. The third-order valence-electron chi connectivity index (χ3n) is 4.32. The van der Waals surface area contributed by atoms with Gasteiger partial charge in [-0.25, -0.2) is 4.98 Å². The number of nitrogens with zero attached hydrogens (tertiary/aromatic N) is 6. The quantitative estimate of drug-likeness (QED) is 0.839. The Morgan fingerprint density at radius 2 is 1.79 bits per heavy atom. The Hall–Kier alpha value is -2.44. The zero-order valence-corrected chi connectivity index (χ0v) is 14.7. The van der Waals surface area contributed by atoms with E-state index in [0.29, 0.717) is 18.7 Å². The van der Waals surface area contributed by atoms with E-state index in [2.05, 4.69) is 40.7 Å². The summed E-state index contributed by atoms with van der Waals surface area (Å²) in [6.45, 7) is 11.1. The predicted octanol–water partition coefficient (Wildman–Crippen LogP) is 1.70. The van der Waals surface area contributed by atoms with Crippen LogP contribution in [0, 0.1) is 6.92 Å². The normalized spacial score (nSPS) is 15.7. The van der Waals surface area contributed by atoms with Crippen molar-refractivity contribution in [2.75, 3.05) is 31.1 Å². The zero-order valence-electron chi connectivity index (χ0n) is 14.7. The highest BCUT2D eigenvalue weighted by atomic mass is 16.2. The summed E-state index contributed by atoms with van der Waals surface area (Å²) in [5.41, 5.74) is 1.48. The fourth-order valence-corrected chi connectivity index (χ4v) is 3.06. The second-order valence-corrected chi connectivity index (χ2v) is 7.07. The summed E-state index contributed by atoms with van der Waals surface area (Å²) in [6, 6.07) is 0.